The van der Waals surface area contributed by atoms with E-state index >= 15 is 0 Å². The molecular weight excluding hydrogens is 314 g/mol. The molecule has 0 atom stereocenters. The van der Waals surface area contributed by atoms with Crippen molar-refractivity contribution in [1.82, 2.24) is 15.2 Å². The molecule has 0 radical (unpaired) electrons. The largest absolute Gasteiger partial charge is 0.365 e. The molecule has 0 saturated heterocycles. The fraction of sp³-hybridized carbons (Fsp3) is 0.273. The SMILES string of the molecule is Cc1[nH]ncc1CNc1ncc([N+](=O)[O-])c(C)c1Br. The van der Waals surface area contributed by atoms with Crippen LogP contribution in [0.25, 0.3) is 0 Å². The van der Waals surface area contributed by atoms with Gasteiger partial charge >= 0.3 is 0 Å². The monoisotopic (exact) mass is 325 g/mol. The number of pyridine rings is 1. The van der Waals surface area contributed by atoms with Crippen molar-refractivity contribution in [3.8, 4) is 0 Å². The van der Waals surface area contributed by atoms with E-state index in [1.807, 2.05) is 6.92 Å². The Morgan fingerprint density at radius 1 is 1.47 bits per heavy atom. The summed E-state index contributed by atoms with van der Waals surface area (Å²) in [5.41, 5.74) is 2.54. The Balaban J connectivity index is 2.20. The molecular formula is C11H12BrN5O2. The predicted octanol–water partition coefficient (Wildman–Crippen LogP) is 2.70. The summed E-state index contributed by atoms with van der Waals surface area (Å²) >= 11 is 3.33. The Hall–Kier alpha value is -1.96. The van der Waals surface area contributed by atoms with Gasteiger partial charge in [-0.05, 0) is 29.8 Å². The van der Waals surface area contributed by atoms with Crippen LogP contribution in [0.4, 0.5) is 11.5 Å². The summed E-state index contributed by atoms with van der Waals surface area (Å²) in [4.78, 5) is 14.4. The van der Waals surface area contributed by atoms with Crippen molar-refractivity contribution in [3.05, 3.63) is 43.8 Å². The van der Waals surface area contributed by atoms with Crippen molar-refractivity contribution in [1.29, 1.82) is 0 Å². The first-order valence-electron chi connectivity index (χ1n) is 5.53. The molecule has 0 bridgehead atoms. The minimum absolute atomic E-state index is 0.00285. The molecule has 0 aliphatic heterocycles. The summed E-state index contributed by atoms with van der Waals surface area (Å²) in [7, 11) is 0. The predicted molar refractivity (Wildman–Crippen MR) is 74.0 cm³/mol. The van der Waals surface area contributed by atoms with E-state index in [0.717, 1.165) is 11.3 Å². The lowest BCUT2D eigenvalue weighted by Crippen LogP contribution is -2.04. The summed E-state index contributed by atoms with van der Waals surface area (Å²) in [6.45, 7) is 4.15. The van der Waals surface area contributed by atoms with Gasteiger partial charge in [0, 0.05) is 23.4 Å². The molecule has 7 nitrogen and oxygen atoms in total. The first-order valence-corrected chi connectivity index (χ1v) is 6.32. The van der Waals surface area contributed by atoms with E-state index < -0.39 is 4.92 Å². The van der Waals surface area contributed by atoms with Crippen LogP contribution in [0.2, 0.25) is 0 Å². The molecule has 0 aromatic carbocycles. The second-order valence-corrected chi connectivity index (χ2v) is 4.85. The molecule has 0 saturated carbocycles. The first-order chi connectivity index (χ1) is 9.00. The summed E-state index contributed by atoms with van der Waals surface area (Å²) in [5, 5.41) is 20.7. The fourth-order valence-electron chi connectivity index (χ4n) is 1.61. The third-order valence-electron chi connectivity index (χ3n) is 2.81. The van der Waals surface area contributed by atoms with Gasteiger partial charge in [-0.15, -0.1) is 0 Å². The highest BCUT2D eigenvalue weighted by atomic mass is 79.9. The van der Waals surface area contributed by atoms with E-state index in [4.69, 9.17) is 0 Å². The van der Waals surface area contributed by atoms with Gasteiger partial charge < -0.3 is 5.32 Å². The van der Waals surface area contributed by atoms with Gasteiger partial charge in [-0.2, -0.15) is 5.10 Å². The van der Waals surface area contributed by atoms with Gasteiger partial charge in [0.25, 0.3) is 5.69 Å². The molecule has 19 heavy (non-hydrogen) atoms. The van der Waals surface area contributed by atoms with E-state index in [0.29, 0.717) is 22.4 Å². The average Bonchev–Trinajstić information content (AvgIpc) is 2.76. The zero-order valence-corrected chi connectivity index (χ0v) is 12.0. The van der Waals surface area contributed by atoms with Crippen LogP contribution >= 0.6 is 15.9 Å². The van der Waals surface area contributed by atoms with Gasteiger partial charge in [-0.3, -0.25) is 15.2 Å². The standard InChI is InChI=1S/C11H12BrN5O2/c1-6-9(17(18)19)5-14-11(10(6)12)13-3-8-4-15-16-7(8)2/h4-5H,3H2,1-2H3,(H,13,14)(H,15,16). The number of nitrogens with zero attached hydrogens (tertiary/aromatic N) is 3. The van der Waals surface area contributed by atoms with Crippen LogP contribution in [0.1, 0.15) is 16.8 Å². The smallest absolute Gasteiger partial charge is 0.291 e. The number of nitrogens with one attached hydrogen (secondary N) is 2. The number of rotatable bonds is 4. The highest BCUT2D eigenvalue weighted by Crippen LogP contribution is 2.30. The highest BCUT2D eigenvalue weighted by molar-refractivity contribution is 9.10. The molecule has 2 heterocycles. The molecule has 0 spiro atoms. The number of nitro groups is 1. The molecule has 0 unspecified atom stereocenters. The lowest BCUT2D eigenvalue weighted by Gasteiger charge is -2.09. The Morgan fingerprint density at radius 2 is 2.21 bits per heavy atom. The normalized spacial score (nSPS) is 10.5. The Morgan fingerprint density at radius 3 is 2.79 bits per heavy atom. The van der Waals surface area contributed by atoms with E-state index in [1.54, 1.807) is 13.1 Å². The van der Waals surface area contributed by atoms with Gasteiger partial charge in [-0.1, -0.05) is 0 Å². The Bertz CT molecular complexity index is 626. The van der Waals surface area contributed by atoms with Crippen molar-refractivity contribution in [2.45, 2.75) is 20.4 Å². The van der Waals surface area contributed by atoms with Crippen molar-refractivity contribution >= 4 is 27.4 Å². The number of aromatic amines is 1. The van der Waals surface area contributed by atoms with Crippen LogP contribution in [0, 0.1) is 24.0 Å². The number of hydrogen-bond donors (Lipinski definition) is 2. The van der Waals surface area contributed by atoms with Crippen molar-refractivity contribution in [2.24, 2.45) is 0 Å². The van der Waals surface area contributed by atoms with Gasteiger partial charge in [0.1, 0.15) is 12.0 Å². The van der Waals surface area contributed by atoms with E-state index in [1.165, 1.54) is 6.20 Å². The van der Waals surface area contributed by atoms with Gasteiger partial charge in [-0.25, -0.2) is 4.98 Å². The molecule has 0 fully saturated rings. The van der Waals surface area contributed by atoms with Crippen LogP contribution < -0.4 is 5.32 Å². The maximum atomic E-state index is 10.8. The molecule has 0 aliphatic rings. The quantitative estimate of drug-likeness (QED) is 0.665. The van der Waals surface area contributed by atoms with Crippen LogP contribution in [0.3, 0.4) is 0 Å². The second-order valence-electron chi connectivity index (χ2n) is 4.06. The Labute approximate surface area is 117 Å². The first kappa shape index (κ1) is 13.5. The van der Waals surface area contributed by atoms with Crippen molar-refractivity contribution < 1.29 is 4.92 Å². The zero-order valence-electron chi connectivity index (χ0n) is 10.4. The third-order valence-corrected chi connectivity index (χ3v) is 3.78. The van der Waals surface area contributed by atoms with Crippen LogP contribution in [-0.2, 0) is 6.54 Å². The number of H-pyrrole nitrogens is 1. The van der Waals surface area contributed by atoms with E-state index in [2.05, 4.69) is 36.4 Å². The molecule has 8 heteroatoms. The molecule has 2 aromatic rings. The number of hydrogen-bond acceptors (Lipinski definition) is 5. The highest BCUT2D eigenvalue weighted by Gasteiger charge is 2.17. The molecule has 0 aliphatic carbocycles. The van der Waals surface area contributed by atoms with Gasteiger partial charge in [0.2, 0.25) is 0 Å². The number of anilines is 1. The van der Waals surface area contributed by atoms with Crippen LogP contribution in [-0.4, -0.2) is 20.1 Å². The third kappa shape index (κ3) is 2.73. The fourth-order valence-corrected chi connectivity index (χ4v) is 2.06. The minimum atomic E-state index is -0.447. The number of aryl methyl sites for hydroxylation is 1. The van der Waals surface area contributed by atoms with Crippen molar-refractivity contribution in [2.75, 3.05) is 5.32 Å². The second kappa shape index (κ2) is 5.35. The topological polar surface area (TPSA) is 96.7 Å². The van der Waals surface area contributed by atoms with Gasteiger partial charge in [0.15, 0.2) is 0 Å². The molecule has 0 amide bonds. The molecule has 2 rings (SSSR count). The van der Waals surface area contributed by atoms with E-state index in [9.17, 15) is 10.1 Å². The maximum Gasteiger partial charge on any atom is 0.291 e. The van der Waals surface area contributed by atoms with Crippen LogP contribution in [0.15, 0.2) is 16.9 Å². The number of halogens is 1. The average molecular weight is 326 g/mol. The van der Waals surface area contributed by atoms with Crippen LogP contribution in [0.5, 0.6) is 0 Å². The summed E-state index contributed by atoms with van der Waals surface area (Å²) in [6, 6.07) is 0. The summed E-state index contributed by atoms with van der Waals surface area (Å²) in [6.07, 6.45) is 2.99. The minimum Gasteiger partial charge on any atom is -0.365 e. The lowest BCUT2D eigenvalue weighted by molar-refractivity contribution is -0.385. The molecule has 2 aromatic heterocycles. The maximum absolute atomic E-state index is 10.8. The zero-order chi connectivity index (χ0) is 14.0. The van der Waals surface area contributed by atoms with E-state index in [-0.39, 0.29) is 5.69 Å². The van der Waals surface area contributed by atoms with Crippen molar-refractivity contribution in [3.63, 3.8) is 0 Å². The summed E-state index contributed by atoms with van der Waals surface area (Å²) < 4.78 is 0.600. The molecule has 100 valence electrons. The lowest BCUT2D eigenvalue weighted by atomic mass is 10.2. The number of aromatic nitrogens is 3. The Kier molecular flexibility index (Phi) is 3.79. The van der Waals surface area contributed by atoms with Gasteiger partial charge in [0.05, 0.1) is 15.6 Å². The molecule has 2 N–H and O–H groups in total. The summed E-state index contributed by atoms with van der Waals surface area (Å²) in [5.74, 6) is 0.573.